The SMILES string of the molecule is CN(Cc1nc2ccccc2n1CCCCNS(C)=O)C1CCCc2cccnc21. The molecule has 3 aromatic rings. The fraction of sp³-hybridized carbons (Fsp3) is 0.478. The van der Waals surface area contributed by atoms with Crippen LogP contribution in [0.3, 0.4) is 0 Å². The second kappa shape index (κ2) is 9.81. The Morgan fingerprint density at radius 1 is 1.23 bits per heavy atom. The van der Waals surface area contributed by atoms with E-state index in [-0.39, 0.29) is 0 Å². The molecule has 2 atom stereocenters. The fourth-order valence-electron chi connectivity index (χ4n) is 4.45. The van der Waals surface area contributed by atoms with Crippen molar-refractivity contribution in [3.8, 4) is 0 Å². The van der Waals surface area contributed by atoms with Gasteiger partial charge in [0.15, 0.2) is 0 Å². The molecule has 0 fully saturated rings. The average Bonchev–Trinajstić information content (AvgIpc) is 3.10. The van der Waals surface area contributed by atoms with Gasteiger partial charge in [0.05, 0.1) is 40.3 Å². The number of imidazole rings is 1. The zero-order chi connectivity index (χ0) is 20.9. The van der Waals surface area contributed by atoms with Crippen molar-refractivity contribution < 1.29 is 4.21 Å². The van der Waals surface area contributed by atoms with Gasteiger partial charge >= 0.3 is 0 Å². The molecule has 1 aromatic carbocycles. The predicted octanol–water partition coefficient (Wildman–Crippen LogP) is 3.60. The van der Waals surface area contributed by atoms with Crippen LogP contribution in [0.2, 0.25) is 0 Å². The van der Waals surface area contributed by atoms with Crippen molar-refractivity contribution in [2.75, 3.05) is 19.8 Å². The molecule has 160 valence electrons. The number of fused-ring (bicyclic) bond motifs is 2. The van der Waals surface area contributed by atoms with Gasteiger partial charge in [-0.25, -0.2) is 13.9 Å². The van der Waals surface area contributed by atoms with Gasteiger partial charge < -0.3 is 4.57 Å². The number of unbranched alkanes of at least 4 members (excludes halogenated alkanes) is 1. The molecule has 2 aromatic heterocycles. The first kappa shape index (κ1) is 21.2. The van der Waals surface area contributed by atoms with E-state index in [2.05, 4.69) is 51.6 Å². The molecular formula is C23H31N5OS. The Bertz CT molecular complexity index is 1020. The number of nitrogens with one attached hydrogen (secondary N) is 1. The van der Waals surface area contributed by atoms with Gasteiger partial charge in [0.1, 0.15) is 5.82 Å². The van der Waals surface area contributed by atoms with E-state index < -0.39 is 11.0 Å². The van der Waals surface area contributed by atoms with E-state index in [1.54, 1.807) is 6.26 Å². The lowest BCUT2D eigenvalue weighted by molar-refractivity contribution is 0.201. The summed E-state index contributed by atoms with van der Waals surface area (Å²) in [5, 5.41) is 0. The minimum atomic E-state index is -0.943. The van der Waals surface area contributed by atoms with Crippen LogP contribution >= 0.6 is 0 Å². The topological polar surface area (TPSA) is 63.1 Å². The van der Waals surface area contributed by atoms with Crippen LogP contribution in [0.4, 0.5) is 0 Å². The van der Waals surface area contributed by atoms with Gasteiger partial charge in [0, 0.05) is 25.5 Å². The minimum absolute atomic E-state index is 0.340. The summed E-state index contributed by atoms with van der Waals surface area (Å²) in [7, 11) is 1.25. The Balaban J connectivity index is 1.51. The predicted molar refractivity (Wildman–Crippen MR) is 122 cm³/mol. The van der Waals surface area contributed by atoms with Crippen LogP contribution in [0.1, 0.15) is 48.8 Å². The molecule has 0 amide bonds. The third-order valence-corrected chi connectivity index (χ3v) is 6.55. The van der Waals surface area contributed by atoms with Crippen LogP contribution in [0.15, 0.2) is 42.6 Å². The number of nitrogens with zero attached hydrogens (tertiary/aromatic N) is 4. The maximum atomic E-state index is 11.2. The highest BCUT2D eigenvalue weighted by Crippen LogP contribution is 2.33. The quantitative estimate of drug-likeness (QED) is 0.532. The Hall–Kier alpha value is -2.09. The minimum Gasteiger partial charge on any atom is -0.327 e. The van der Waals surface area contributed by atoms with E-state index in [1.807, 2.05) is 12.3 Å². The van der Waals surface area contributed by atoms with Gasteiger partial charge in [-0.05, 0) is 62.9 Å². The number of hydrogen-bond donors (Lipinski definition) is 1. The van der Waals surface area contributed by atoms with Crippen LogP contribution < -0.4 is 4.72 Å². The molecule has 1 N–H and O–H groups in total. The molecule has 30 heavy (non-hydrogen) atoms. The van der Waals surface area contributed by atoms with Crippen molar-refractivity contribution >= 4 is 22.0 Å². The van der Waals surface area contributed by atoms with Crippen molar-refractivity contribution in [3.63, 3.8) is 0 Å². The van der Waals surface area contributed by atoms with Gasteiger partial charge in [0.2, 0.25) is 0 Å². The number of aryl methyl sites for hydroxylation is 2. The molecule has 2 unspecified atom stereocenters. The lowest BCUT2D eigenvalue weighted by Crippen LogP contribution is -2.29. The lowest BCUT2D eigenvalue weighted by Gasteiger charge is -2.32. The number of hydrogen-bond acceptors (Lipinski definition) is 4. The van der Waals surface area contributed by atoms with Crippen molar-refractivity contribution in [3.05, 3.63) is 59.7 Å². The third-order valence-electron chi connectivity index (χ3n) is 5.94. The third kappa shape index (κ3) is 4.79. The van der Waals surface area contributed by atoms with E-state index in [0.29, 0.717) is 6.04 Å². The highest BCUT2D eigenvalue weighted by atomic mass is 32.2. The normalized spacial score (nSPS) is 17.4. The van der Waals surface area contributed by atoms with Crippen molar-refractivity contribution in [2.45, 2.75) is 51.2 Å². The highest BCUT2D eigenvalue weighted by Gasteiger charge is 2.26. The Kier molecular flexibility index (Phi) is 6.92. The maximum Gasteiger partial charge on any atom is 0.124 e. The van der Waals surface area contributed by atoms with Gasteiger partial charge in [-0.2, -0.15) is 0 Å². The van der Waals surface area contributed by atoms with Crippen LogP contribution in [0.25, 0.3) is 11.0 Å². The Labute approximate surface area is 181 Å². The molecule has 0 radical (unpaired) electrons. The number of aromatic nitrogens is 3. The summed E-state index contributed by atoms with van der Waals surface area (Å²) in [4.78, 5) is 12.1. The molecule has 2 heterocycles. The van der Waals surface area contributed by atoms with E-state index in [0.717, 1.165) is 56.7 Å². The summed E-state index contributed by atoms with van der Waals surface area (Å²) in [6.07, 6.45) is 9.07. The first-order chi connectivity index (χ1) is 14.6. The molecule has 0 saturated carbocycles. The van der Waals surface area contributed by atoms with E-state index in [1.165, 1.54) is 23.2 Å². The second-order valence-electron chi connectivity index (χ2n) is 8.09. The zero-order valence-electron chi connectivity index (χ0n) is 17.9. The first-order valence-corrected chi connectivity index (χ1v) is 12.3. The Morgan fingerprint density at radius 3 is 2.97 bits per heavy atom. The van der Waals surface area contributed by atoms with Gasteiger partial charge in [-0.15, -0.1) is 0 Å². The monoisotopic (exact) mass is 425 g/mol. The summed E-state index contributed by atoms with van der Waals surface area (Å²) >= 11 is 0. The fourth-order valence-corrected chi connectivity index (χ4v) is 4.89. The van der Waals surface area contributed by atoms with E-state index >= 15 is 0 Å². The zero-order valence-corrected chi connectivity index (χ0v) is 18.7. The van der Waals surface area contributed by atoms with E-state index in [9.17, 15) is 4.21 Å². The summed E-state index contributed by atoms with van der Waals surface area (Å²) in [6, 6.07) is 13.0. The van der Waals surface area contributed by atoms with Crippen molar-refractivity contribution in [1.29, 1.82) is 0 Å². The number of rotatable bonds is 9. The molecule has 1 aliphatic rings. The standard InChI is InChI=1S/C23H31N5OS/c1-27(21-13-7-9-18-10-8-14-24-23(18)21)17-22-26-19-11-3-4-12-20(19)28(22)16-6-5-15-25-30(2)29/h3-4,8,10-12,14,21,25H,5-7,9,13,15-17H2,1-2H3. The summed E-state index contributed by atoms with van der Waals surface area (Å²) < 4.78 is 16.6. The number of benzene rings is 1. The van der Waals surface area contributed by atoms with Gasteiger partial charge in [-0.1, -0.05) is 18.2 Å². The van der Waals surface area contributed by atoms with Crippen LogP contribution in [0, 0.1) is 0 Å². The average molecular weight is 426 g/mol. The molecular weight excluding hydrogens is 394 g/mol. The molecule has 1 aliphatic carbocycles. The number of pyridine rings is 1. The van der Waals surface area contributed by atoms with E-state index in [4.69, 9.17) is 9.97 Å². The number of para-hydroxylation sites is 2. The summed E-state index contributed by atoms with van der Waals surface area (Å²) in [5.41, 5.74) is 4.86. The molecule has 0 bridgehead atoms. The second-order valence-corrected chi connectivity index (χ2v) is 9.29. The van der Waals surface area contributed by atoms with Crippen LogP contribution in [-0.4, -0.2) is 43.5 Å². The van der Waals surface area contributed by atoms with Crippen molar-refractivity contribution in [1.82, 2.24) is 24.2 Å². The molecule has 0 saturated heterocycles. The van der Waals surface area contributed by atoms with Crippen LogP contribution in [0.5, 0.6) is 0 Å². The van der Waals surface area contributed by atoms with Gasteiger partial charge in [0.25, 0.3) is 0 Å². The van der Waals surface area contributed by atoms with Crippen LogP contribution in [-0.2, 0) is 30.5 Å². The summed E-state index contributed by atoms with van der Waals surface area (Å²) in [6.45, 7) is 2.49. The van der Waals surface area contributed by atoms with Crippen molar-refractivity contribution in [2.24, 2.45) is 0 Å². The molecule has 7 heteroatoms. The lowest BCUT2D eigenvalue weighted by atomic mass is 9.91. The summed E-state index contributed by atoms with van der Waals surface area (Å²) in [5.74, 6) is 1.11. The highest BCUT2D eigenvalue weighted by molar-refractivity contribution is 7.82. The molecule has 4 rings (SSSR count). The smallest absolute Gasteiger partial charge is 0.124 e. The molecule has 0 spiro atoms. The molecule has 6 nitrogen and oxygen atoms in total. The Morgan fingerprint density at radius 2 is 2.10 bits per heavy atom. The largest absolute Gasteiger partial charge is 0.327 e. The first-order valence-electron chi connectivity index (χ1n) is 10.8. The molecule has 0 aliphatic heterocycles. The van der Waals surface area contributed by atoms with Gasteiger partial charge in [-0.3, -0.25) is 9.88 Å². The maximum absolute atomic E-state index is 11.2.